The van der Waals surface area contributed by atoms with Crippen molar-refractivity contribution in [2.45, 2.75) is 39.3 Å². The van der Waals surface area contributed by atoms with Gasteiger partial charge in [-0.3, -0.25) is 0 Å². The van der Waals surface area contributed by atoms with Crippen LogP contribution in [-0.2, 0) is 0 Å². The van der Waals surface area contributed by atoms with Crippen molar-refractivity contribution in [2.75, 3.05) is 0 Å². The molecule has 0 aliphatic carbocycles. The first kappa shape index (κ1) is 14.7. The monoisotopic (exact) mass is 271 g/mol. The van der Waals surface area contributed by atoms with Gasteiger partial charge in [-0.2, -0.15) is 0 Å². The normalized spacial score (nSPS) is 14.0. The van der Waals surface area contributed by atoms with Gasteiger partial charge in [-0.15, -0.1) is 0 Å². The molecule has 0 aliphatic heterocycles. The fourth-order valence-electron chi connectivity index (χ4n) is 2.43. The Balaban J connectivity index is 2.11. The van der Waals surface area contributed by atoms with Crippen LogP contribution in [0.1, 0.15) is 49.0 Å². The van der Waals surface area contributed by atoms with E-state index >= 15 is 0 Å². The third-order valence-corrected chi connectivity index (χ3v) is 3.69. The number of aryl methyl sites for hydroxylation is 1. The number of benzene rings is 2. The molecule has 1 unspecified atom stereocenters. The molecule has 0 saturated carbocycles. The van der Waals surface area contributed by atoms with E-state index in [0.717, 1.165) is 12.0 Å². The first-order chi connectivity index (χ1) is 9.60. The first-order valence-corrected chi connectivity index (χ1v) is 7.18. The summed E-state index contributed by atoms with van der Waals surface area (Å²) in [4.78, 5) is 0. The van der Waals surface area contributed by atoms with E-state index in [4.69, 9.17) is 0 Å². The lowest BCUT2D eigenvalue weighted by atomic mass is 10.0. The van der Waals surface area contributed by atoms with E-state index in [1.54, 1.807) is 12.1 Å². The van der Waals surface area contributed by atoms with E-state index in [9.17, 15) is 4.39 Å². The lowest BCUT2D eigenvalue weighted by Gasteiger charge is -2.23. The standard InChI is InChI=1S/C18H22FN/c1-4-18(16-6-5-7-17(19)12-16)20-14(3)15-10-8-13(2)9-11-15/h5-12,14,18,20H,4H2,1-3H3/t14-,18?/m0/s1. The van der Waals surface area contributed by atoms with E-state index in [2.05, 4.69) is 50.4 Å². The van der Waals surface area contributed by atoms with E-state index in [0.29, 0.717) is 0 Å². The second-order valence-electron chi connectivity index (χ2n) is 5.31. The zero-order valence-corrected chi connectivity index (χ0v) is 12.4. The minimum atomic E-state index is -0.175. The Morgan fingerprint density at radius 3 is 2.35 bits per heavy atom. The molecule has 2 atom stereocenters. The lowest BCUT2D eigenvalue weighted by molar-refractivity contribution is 0.454. The summed E-state index contributed by atoms with van der Waals surface area (Å²) in [6.07, 6.45) is 0.930. The number of hydrogen-bond donors (Lipinski definition) is 1. The summed E-state index contributed by atoms with van der Waals surface area (Å²) in [6.45, 7) is 6.35. The van der Waals surface area contributed by atoms with Crippen molar-refractivity contribution >= 4 is 0 Å². The van der Waals surface area contributed by atoms with Crippen LogP contribution >= 0.6 is 0 Å². The molecule has 0 saturated heterocycles. The molecule has 2 heteroatoms. The maximum Gasteiger partial charge on any atom is 0.123 e. The summed E-state index contributed by atoms with van der Waals surface area (Å²) < 4.78 is 13.3. The Hall–Kier alpha value is -1.67. The molecule has 0 heterocycles. The summed E-state index contributed by atoms with van der Waals surface area (Å²) in [5, 5.41) is 3.58. The maximum absolute atomic E-state index is 13.3. The van der Waals surface area contributed by atoms with E-state index < -0.39 is 0 Å². The number of halogens is 1. The molecule has 0 aromatic heterocycles. The van der Waals surface area contributed by atoms with Gasteiger partial charge in [0.05, 0.1) is 0 Å². The molecule has 0 spiro atoms. The largest absolute Gasteiger partial charge is 0.303 e. The highest BCUT2D eigenvalue weighted by Crippen LogP contribution is 2.22. The van der Waals surface area contributed by atoms with E-state index in [-0.39, 0.29) is 17.9 Å². The summed E-state index contributed by atoms with van der Waals surface area (Å²) in [7, 11) is 0. The van der Waals surface area contributed by atoms with E-state index in [1.165, 1.54) is 17.2 Å². The molecule has 0 fully saturated rings. The van der Waals surface area contributed by atoms with Gasteiger partial charge in [0.25, 0.3) is 0 Å². The molecule has 1 nitrogen and oxygen atoms in total. The van der Waals surface area contributed by atoms with Crippen LogP contribution in [0.3, 0.4) is 0 Å². The van der Waals surface area contributed by atoms with Crippen molar-refractivity contribution in [2.24, 2.45) is 0 Å². The van der Waals surface area contributed by atoms with Crippen molar-refractivity contribution in [3.8, 4) is 0 Å². The van der Waals surface area contributed by atoms with Gasteiger partial charge < -0.3 is 5.32 Å². The lowest BCUT2D eigenvalue weighted by Crippen LogP contribution is -2.24. The van der Waals surface area contributed by atoms with Gasteiger partial charge in [0.15, 0.2) is 0 Å². The number of hydrogen-bond acceptors (Lipinski definition) is 1. The second kappa shape index (κ2) is 6.67. The molecule has 2 aromatic carbocycles. The van der Waals surface area contributed by atoms with Crippen LogP contribution in [0.2, 0.25) is 0 Å². The Morgan fingerprint density at radius 1 is 1.05 bits per heavy atom. The van der Waals surface area contributed by atoms with Crippen LogP contribution in [-0.4, -0.2) is 0 Å². The third kappa shape index (κ3) is 3.67. The average Bonchev–Trinajstić information content (AvgIpc) is 2.45. The first-order valence-electron chi connectivity index (χ1n) is 7.18. The molecule has 0 amide bonds. The molecule has 2 rings (SSSR count). The van der Waals surface area contributed by atoms with Gasteiger partial charge in [-0.1, -0.05) is 48.9 Å². The van der Waals surface area contributed by atoms with Gasteiger partial charge >= 0.3 is 0 Å². The summed E-state index contributed by atoms with van der Waals surface area (Å²) in [5.41, 5.74) is 3.52. The van der Waals surface area contributed by atoms with Gasteiger partial charge in [-0.05, 0) is 43.5 Å². The number of nitrogens with one attached hydrogen (secondary N) is 1. The predicted octanol–water partition coefficient (Wildman–Crippen LogP) is 4.94. The van der Waals surface area contributed by atoms with Crippen LogP contribution in [0.15, 0.2) is 48.5 Å². The second-order valence-corrected chi connectivity index (χ2v) is 5.31. The van der Waals surface area contributed by atoms with Crippen LogP contribution in [0.4, 0.5) is 4.39 Å². The minimum Gasteiger partial charge on any atom is -0.303 e. The zero-order valence-electron chi connectivity index (χ0n) is 12.4. The molecule has 0 aliphatic rings. The van der Waals surface area contributed by atoms with Crippen LogP contribution < -0.4 is 5.32 Å². The van der Waals surface area contributed by atoms with Crippen molar-refractivity contribution in [1.82, 2.24) is 5.32 Å². The average molecular weight is 271 g/mol. The predicted molar refractivity (Wildman–Crippen MR) is 82.2 cm³/mol. The Morgan fingerprint density at radius 2 is 1.75 bits per heavy atom. The Bertz CT molecular complexity index is 548. The fraction of sp³-hybridized carbons (Fsp3) is 0.333. The van der Waals surface area contributed by atoms with Gasteiger partial charge in [0.1, 0.15) is 5.82 Å². The van der Waals surface area contributed by atoms with Crippen molar-refractivity contribution in [3.05, 3.63) is 71.0 Å². The van der Waals surface area contributed by atoms with Gasteiger partial charge in [-0.25, -0.2) is 4.39 Å². The molecular weight excluding hydrogens is 249 g/mol. The minimum absolute atomic E-state index is 0.169. The Labute approximate surface area is 120 Å². The maximum atomic E-state index is 13.3. The van der Waals surface area contributed by atoms with E-state index in [1.807, 2.05) is 6.07 Å². The van der Waals surface area contributed by atoms with Crippen molar-refractivity contribution in [3.63, 3.8) is 0 Å². The molecule has 0 radical (unpaired) electrons. The zero-order chi connectivity index (χ0) is 14.5. The van der Waals surface area contributed by atoms with Crippen LogP contribution in [0.5, 0.6) is 0 Å². The molecular formula is C18H22FN. The molecule has 20 heavy (non-hydrogen) atoms. The molecule has 2 aromatic rings. The van der Waals surface area contributed by atoms with Gasteiger partial charge in [0.2, 0.25) is 0 Å². The molecule has 0 bridgehead atoms. The summed E-state index contributed by atoms with van der Waals surface area (Å²) in [5.74, 6) is -0.175. The highest BCUT2D eigenvalue weighted by atomic mass is 19.1. The molecule has 1 N–H and O–H groups in total. The van der Waals surface area contributed by atoms with Crippen molar-refractivity contribution < 1.29 is 4.39 Å². The third-order valence-electron chi connectivity index (χ3n) is 3.69. The topological polar surface area (TPSA) is 12.0 Å². The number of rotatable bonds is 5. The SMILES string of the molecule is CCC(N[C@@H](C)c1ccc(C)cc1)c1cccc(F)c1. The highest BCUT2D eigenvalue weighted by Gasteiger charge is 2.14. The van der Waals surface area contributed by atoms with Crippen LogP contribution in [0, 0.1) is 12.7 Å². The Kier molecular flexibility index (Phi) is 4.91. The van der Waals surface area contributed by atoms with Crippen molar-refractivity contribution in [1.29, 1.82) is 0 Å². The fourth-order valence-corrected chi connectivity index (χ4v) is 2.43. The summed E-state index contributed by atoms with van der Waals surface area (Å²) >= 11 is 0. The highest BCUT2D eigenvalue weighted by molar-refractivity contribution is 5.25. The van der Waals surface area contributed by atoms with Gasteiger partial charge in [0, 0.05) is 12.1 Å². The van der Waals surface area contributed by atoms with Crippen LogP contribution in [0.25, 0.3) is 0 Å². The summed E-state index contributed by atoms with van der Waals surface area (Å²) in [6, 6.07) is 15.8. The molecule has 106 valence electrons. The smallest absolute Gasteiger partial charge is 0.123 e. The quantitative estimate of drug-likeness (QED) is 0.812.